The molecule has 1 aromatic rings. The first kappa shape index (κ1) is 12.5. The van der Waals surface area contributed by atoms with Crippen molar-refractivity contribution in [3.05, 3.63) is 29.8 Å². The number of ether oxygens (including phenoxy) is 2. The molecule has 0 aromatic heterocycles. The first-order valence-electron chi connectivity index (χ1n) is 4.93. The zero-order valence-electron chi connectivity index (χ0n) is 9.69. The summed E-state index contributed by atoms with van der Waals surface area (Å²) in [6, 6.07) is 7.26. The molecule has 0 aliphatic rings. The van der Waals surface area contributed by atoms with E-state index in [-0.39, 0.29) is 0 Å². The van der Waals surface area contributed by atoms with Crippen LogP contribution in [0.3, 0.4) is 0 Å². The molecular formula is C12H16O4. The molecule has 0 fully saturated rings. The first-order valence-corrected chi connectivity index (χ1v) is 4.93. The number of methoxy groups -OCH3 is 2. The average Bonchev–Trinajstić information content (AvgIpc) is 2.29. The Morgan fingerprint density at radius 3 is 2.25 bits per heavy atom. The third-order valence-electron chi connectivity index (χ3n) is 2.60. The Kier molecular flexibility index (Phi) is 3.90. The smallest absolute Gasteiger partial charge is 0.336 e. The summed E-state index contributed by atoms with van der Waals surface area (Å²) in [4.78, 5) is 11.0. The zero-order chi connectivity index (χ0) is 12.2. The predicted molar refractivity (Wildman–Crippen MR) is 59.7 cm³/mol. The van der Waals surface area contributed by atoms with Gasteiger partial charge in [-0.2, -0.15) is 0 Å². The van der Waals surface area contributed by atoms with Gasteiger partial charge in [0.2, 0.25) is 0 Å². The molecule has 0 aliphatic heterocycles. The van der Waals surface area contributed by atoms with Crippen LogP contribution in [0.25, 0.3) is 0 Å². The molecule has 1 rings (SSSR count). The van der Waals surface area contributed by atoms with Gasteiger partial charge in [0.1, 0.15) is 5.75 Å². The zero-order valence-corrected chi connectivity index (χ0v) is 9.69. The van der Waals surface area contributed by atoms with E-state index in [1.165, 1.54) is 7.11 Å². The minimum Gasteiger partial charge on any atom is -0.497 e. The predicted octanol–water partition coefficient (Wildman–Crippen LogP) is 1.73. The van der Waals surface area contributed by atoms with Gasteiger partial charge in [0, 0.05) is 13.5 Å². The molecule has 1 aromatic carbocycles. The lowest BCUT2D eigenvalue weighted by atomic mass is 9.96. The SMILES string of the molecule is COc1ccc(C[C@](C)(OC)C(=O)O)cc1. The Labute approximate surface area is 94.8 Å². The van der Waals surface area contributed by atoms with Crippen molar-refractivity contribution < 1.29 is 19.4 Å². The maximum Gasteiger partial charge on any atom is 0.336 e. The summed E-state index contributed by atoms with van der Waals surface area (Å²) in [6.45, 7) is 1.56. The van der Waals surface area contributed by atoms with Crippen LogP contribution in [0.4, 0.5) is 0 Å². The molecule has 4 heteroatoms. The molecule has 88 valence electrons. The van der Waals surface area contributed by atoms with Crippen LogP contribution in [0.15, 0.2) is 24.3 Å². The number of hydrogen-bond donors (Lipinski definition) is 1. The van der Waals surface area contributed by atoms with E-state index >= 15 is 0 Å². The molecule has 16 heavy (non-hydrogen) atoms. The van der Waals surface area contributed by atoms with Gasteiger partial charge in [-0.05, 0) is 24.6 Å². The molecule has 1 N–H and O–H groups in total. The minimum atomic E-state index is -1.19. The van der Waals surface area contributed by atoms with Crippen LogP contribution in [-0.2, 0) is 16.0 Å². The quantitative estimate of drug-likeness (QED) is 0.827. The van der Waals surface area contributed by atoms with Crippen molar-refractivity contribution in [2.75, 3.05) is 14.2 Å². The summed E-state index contributed by atoms with van der Waals surface area (Å²) in [5, 5.41) is 9.04. The number of carboxylic acids is 1. The summed E-state index contributed by atoms with van der Waals surface area (Å²) >= 11 is 0. The van der Waals surface area contributed by atoms with Crippen molar-refractivity contribution in [3.8, 4) is 5.75 Å². The van der Waals surface area contributed by atoms with Gasteiger partial charge < -0.3 is 14.6 Å². The second kappa shape index (κ2) is 4.99. The Bertz CT molecular complexity index is 358. The molecular weight excluding hydrogens is 208 g/mol. The van der Waals surface area contributed by atoms with Gasteiger partial charge in [0.15, 0.2) is 5.60 Å². The molecule has 4 nitrogen and oxygen atoms in total. The minimum absolute atomic E-state index is 0.322. The molecule has 0 saturated carbocycles. The lowest BCUT2D eigenvalue weighted by molar-refractivity contribution is -0.159. The standard InChI is InChI=1S/C12H16O4/c1-12(16-3,11(13)14)8-9-4-6-10(15-2)7-5-9/h4-7H,8H2,1-3H3,(H,13,14)/t12-/m0/s1. The van der Waals surface area contributed by atoms with E-state index in [0.717, 1.165) is 11.3 Å². The highest BCUT2D eigenvalue weighted by atomic mass is 16.5. The van der Waals surface area contributed by atoms with Crippen LogP contribution < -0.4 is 4.74 Å². The summed E-state index contributed by atoms with van der Waals surface area (Å²) in [7, 11) is 2.99. The van der Waals surface area contributed by atoms with Crippen LogP contribution >= 0.6 is 0 Å². The van der Waals surface area contributed by atoms with Crippen molar-refractivity contribution in [1.82, 2.24) is 0 Å². The highest BCUT2D eigenvalue weighted by molar-refractivity contribution is 5.77. The van der Waals surface area contributed by atoms with Gasteiger partial charge in [-0.1, -0.05) is 12.1 Å². The fourth-order valence-corrected chi connectivity index (χ4v) is 1.37. The number of aliphatic carboxylic acids is 1. The first-order chi connectivity index (χ1) is 7.51. The van der Waals surface area contributed by atoms with Crippen LogP contribution in [0.5, 0.6) is 5.75 Å². The van der Waals surface area contributed by atoms with Gasteiger partial charge in [0.25, 0.3) is 0 Å². The van der Waals surface area contributed by atoms with E-state index in [1.807, 2.05) is 12.1 Å². The highest BCUT2D eigenvalue weighted by Gasteiger charge is 2.32. The van der Waals surface area contributed by atoms with Crippen molar-refractivity contribution in [2.24, 2.45) is 0 Å². The maximum absolute atomic E-state index is 11.0. The van der Waals surface area contributed by atoms with Crippen LogP contribution in [0.2, 0.25) is 0 Å². The van der Waals surface area contributed by atoms with E-state index < -0.39 is 11.6 Å². The Morgan fingerprint density at radius 2 is 1.88 bits per heavy atom. The van der Waals surface area contributed by atoms with Crippen LogP contribution in [-0.4, -0.2) is 30.9 Å². The summed E-state index contributed by atoms with van der Waals surface area (Å²) in [6.07, 6.45) is 0.322. The number of rotatable bonds is 5. The van der Waals surface area contributed by atoms with E-state index in [0.29, 0.717) is 6.42 Å². The van der Waals surface area contributed by atoms with Gasteiger partial charge in [-0.25, -0.2) is 4.79 Å². The van der Waals surface area contributed by atoms with Gasteiger partial charge in [0.05, 0.1) is 7.11 Å². The number of benzene rings is 1. The van der Waals surface area contributed by atoms with Gasteiger partial charge in [-0.3, -0.25) is 0 Å². The number of carboxylic acid groups (broad SMARTS) is 1. The topological polar surface area (TPSA) is 55.8 Å². The van der Waals surface area contributed by atoms with E-state index in [9.17, 15) is 4.79 Å². The van der Waals surface area contributed by atoms with E-state index in [2.05, 4.69) is 0 Å². The van der Waals surface area contributed by atoms with Crippen molar-refractivity contribution in [2.45, 2.75) is 18.9 Å². The molecule has 0 radical (unpaired) electrons. The van der Waals surface area contributed by atoms with Crippen molar-refractivity contribution >= 4 is 5.97 Å². The normalized spacial score (nSPS) is 14.2. The summed E-state index contributed by atoms with van der Waals surface area (Å²) in [5.74, 6) is -0.219. The largest absolute Gasteiger partial charge is 0.497 e. The second-order valence-corrected chi connectivity index (χ2v) is 3.76. The fraction of sp³-hybridized carbons (Fsp3) is 0.417. The van der Waals surface area contributed by atoms with E-state index in [1.54, 1.807) is 26.2 Å². The van der Waals surface area contributed by atoms with Gasteiger partial charge in [-0.15, -0.1) is 0 Å². The molecule has 1 atom stereocenters. The highest BCUT2D eigenvalue weighted by Crippen LogP contribution is 2.19. The summed E-state index contributed by atoms with van der Waals surface area (Å²) < 4.78 is 10.1. The molecule has 0 saturated heterocycles. The third kappa shape index (κ3) is 2.73. The number of carbonyl (C=O) groups is 1. The van der Waals surface area contributed by atoms with Gasteiger partial charge >= 0.3 is 5.97 Å². The fourth-order valence-electron chi connectivity index (χ4n) is 1.37. The summed E-state index contributed by atoms with van der Waals surface area (Å²) in [5.41, 5.74) is -0.290. The van der Waals surface area contributed by atoms with Crippen molar-refractivity contribution in [1.29, 1.82) is 0 Å². The molecule has 0 aliphatic carbocycles. The Morgan fingerprint density at radius 1 is 1.31 bits per heavy atom. The van der Waals surface area contributed by atoms with Crippen LogP contribution in [0, 0.1) is 0 Å². The third-order valence-corrected chi connectivity index (χ3v) is 2.60. The number of hydrogen-bond acceptors (Lipinski definition) is 3. The van der Waals surface area contributed by atoms with Crippen LogP contribution in [0.1, 0.15) is 12.5 Å². The average molecular weight is 224 g/mol. The molecule has 0 bridgehead atoms. The Balaban J connectivity index is 2.82. The monoisotopic (exact) mass is 224 g/mol. The van der Waals surface area contributed by atoms with Crippen molar-refractivity contribution in [3.63, 3.8) is 0 Å². The molecule has 0 amide bonds. The molecule has 0 spiro atoms. The maximum atomic E-state index is 11.0. The molecule has 0 heterocycles. The second-order valence-electron chi connectivity index (χ2n) is 3.76. The Hall–Kier alpha value is -1.55. The lowest BCUT2D eigenvalue weighted by Crippen LogP contribution is -2.39. The molecule has 0 unspecified atom stereocenters. The van der Waals surface area contributed by atoms with E-state index in [4.69, 9.17) is 14.6 Å². The lowest BCUT2D eigenvalue weighted by Gasteiger charge is -2.23.